The summed E-state index contributed by atoms with van der Waals surface area (Å²) < 4.78 is 12.7. The molecule has 0 saturated heterocycles. The lowest BCUT2D eigenvalue weighted by molar-refractivity contribution is 0.174. The smallest absolute Gasteiger partial charge is 0.123 e. The molecule has 2 aromatic rings. The molecule has 0 aliphatic rings. The van der Waals surface area contributed by atoms with E-state index in [1.165, 1.54) is 12.1 Å². The van der Waals surface area contributed by atoms with E-state index in [0.717, 1.165) is 5.56 Å². The summed E-state index contributed by atoms with van der Waals surface area (Å²) in [5.41, 5.74) is 1.79. The minimum absolute atomic E-state index is 0.301. The van der Waals surface area contributed by atoms with Gasteiger partial charge in [0.15, 0.2) is 0 Å². The van der Waals surface area contributed by atoms with Crippen molar-refractivity contribution in [2.75, 3.05) is 6.54 Å². The van der Waals surface area contributed by atoms with Crippen molar-refractivity contribution in [2.45, 2.75) is 12.6 Å². The number of benzene rings is 2. The van der Waals surface area contributed by atoms with Crippen molar-refractivity contribution >= 4 is 11.6 Å². The Hall–Kier alpha value is -1.42. The van der Waals surface area contributed by atoms with Crippen molar-refractivity contribution in [2.24, 2.45) is 0 Å². The third-order valence-corrected chi connectivity index (χ3v) is 3.09. The zero-order valence-corrected chi connectivity index (χ0v) is 11.1. The average molecular weight is 280 g/mol. The first kappa shape index (κ1) is 14.0. The monoisotopic (exact) mass is 279 g/mol. The predicted molar refractivity (Wildman–Crippen MR) is 74.5 cm³/mol. The van der Waals surface area contributed by atoms with Crippen LogP contribution >= 0.6 is 11.6 Å². The van der Waals surface area contributed by atoms with Gasteiger partial charge in [-0.1, -0.05) is 35.9 Å². The highest BCUT2D eigenvalue weighted by molar-refractivity contribution is 6.30. The van der Waals surface area contributed by atoms with Gasteiger partial charge in [0.1, 0.15) is 5.82 Å². The first-order valence-electron chi connectivity index (χ1n) is 6.04. The first-order chi connectivity index (χ1) is 9.15. The quantitative estimate of drug-likeness (QED) is 0.880. The van der Waals surface area contributed by atoms with Crippen molar-refractivity contribution in [3.63, 3.8) is 0 Å². The molecule has 1 atom stereocenters. The summed E-state index contributed by atoms with van der Waals surface area (Å²) in [5.74, 6) is -0.301. The molecule has 0 saturated carbocycles. The molecular weight excluding hydrogens is 265 g/mol. The average Bonchev–Trinajstić information content (AvgIpc) is 2.41. The Balaban J connectivity index is 1.82. The van der Waals surface area contributed by atoms with Crippen LogP contribution in [-0.2, 0) is 6.54 Å². The summed E-state index contributed by atoms with van der Waals surface area (Å²) in [5, 5.41) is 13.8. The summed E-state index contributed by atoms with van der Waals surface area (Å²) in [7, 11) is 0. The molecule has 0 spiro atoms. The van der Waals surface area contributed by atoms with Crippen LogP contribution in [0.15, 0.2) is 48.5 Å². The third kappa shape index (κ3) is 4.31. The van der Waals surface area contributed by atoms with E-state index < -0.39 is 6.10 Å². The van der Waals surface area contributed by atoms with Crippen LogP contribution in [0.1, 0.15) is 17.2 Å². The molecule has 0 heterocycles. The maximum Gasteiger partial charge on any atom is 0.123 e. The lowest BCUT2D eigenvalue weighted by Gasteiger charge is -2.12. The number of halogens is 2. The van der Waals surface area contributed by atoms with E-state index in [4.69, 9.17) is 11.6 Å². The van der Waals surface area contributed by atoms with Crippen LogP contribution in [0.3, 0.4) is 0 Å². The largest absolute Gasteiger partial charge is 0.387 e. The van der Waals surface area contributed by atoms with Crippen molar-refractivity contribution in [3.05, 3.63) is 70.5 Å². The topological polar surface area (TPSA) is 32.3 Å². The molecule has 19 heavy (non-hydrogen) atoms. The minimum Gasteiger partial charge on any atom is -0.387 e. The van der Waals surface area contributed by atoms with Crippen molar-refractivity contribution in [1.82, 2.24) is 5.32 Å². The van der Waals surface area contributed by atoms with Crippen LogP contribution in [-0.4, -0.2) is 11.7 Å². The van der Waals surface area contributed by atoms with E-state index in [-0.39, 0.29) is 5.82 Å². The molecule has 0 radical (unpaired) electrons. The molecule has 0 amide bonds. The highest BCUT2D eigenvalue weighted by atomic mass is 35.5. The zero-order valence-electron chi connectivity index (χ0n) is 10.3. The van der Waals surface area contributed by atoms with Crippen molar-refractivity contribution in [3.8, 4) is 0 Å². The van der Waals surface area contributed by atoms with Crippen molar-refractivity contribution in [1.29, 1.82) is 0 Å². The first-order valence-corrected chi connectivity index (χ1v) is 6.41. The van der Waals surface area contributed by atoms with Crippen LogP contribution in [0.4, 0.5) is 4.39 Å². The summed E-state index contributed by atoms with van der Waals surface area (Å²) >= 11 is 5.80. The molecular formula is C15H15ClFNO. The number of nitrogens with one attached hydrogen (secondary N) is 1. The van der Waals surface area contributed by atoms with Crippen LogP contribution in [0.5, 0.6) is 0 Å². The Bertz CT molecular complexity index is 513. The number of hydrogen-bond donors (Lipinski definition) is 2. The Morgan fingerprint density at radius 1 is 1.05 bits per heavy atom. The van der Waals surface area contributed by atoms with Crippen LogP contribution < -0.4 is 5.32 Å². The number of rotatable bonds is 5. The second-order valence-electron chi connectivity index (χ2n) is 4.32. The van der Waals surface area contributed by atoms with Gasteiger partial charge in [0.05, 0.1) is 6.10 Å². The maximum absolute atomic E-state index is 12.7. The van der Waals surface area contributed by atoms with E-state index in [9.17, 15) is 9.50 Å². The van der Waals surface area contributed by atoms with E-state index >= 15 is 0 Å². The molecule has 0 aliphatic carbocycles. The molecule has 0 bridgehead atoms. The van der Waals surface area contributed by atoms with Crippen LogP contribution in [0.2, 0.25) is 5.02 Å². The molecule has 0 fully saturated rings. The Kier molecular flexibility index (Phi) is 4.91. The molecule has 2 aromatic carbocycles. The van der Waals surface area contributed by atoms with E-state index in [0.29, 0.717) is 23.7 Å². The highest BCUT2D eigenvalue weighted by Gasteiger charge is 2.06. The normalized spacial score (nSPS) is 12.4. The Labute approximate surface area is 116 Å². The van der Waals surface area contributed by atoms with Crippen molar-refractivity contribution < 1.29 is 9.50 Å². The van der Waals surface area contributed by atoms with E-state index in [1.807, 2.05) is 24.3 Å². The molecule has 2 rings (SSSR count). The zero-order chi connectivity index (χ0) is 13.7. The highest BCUT2D eigenvalue weighted by Crippen LogP contribution is 2.13. The minimum atomic E-state index is -0.645. The molecule has 2 N–H and O–H groups in total. The van der Waals surface area contributed by atoms with Gasteiger partial charge in [-0.25, -0.2) is 4.39 Å². The fourth-order valence-electron chi connectivity index (χ4n) is 1.76. The van der Waals surface area contributed by atoms with Gasteiger partial charge in [-0.3, -0.25) is 0 Å². The van der Waals surface area contributed by atoms with Gasteiger partial charge < -0.3 is 10.4 Å². The second-order valence-corrected chi connectivity index (χ2v) is 4.76. The van der Waals surface area contributed by atoms with Gasteiger partial charge in [-0.05, 0) is 35.4 Å². The van der Waals surface area contributed by atoms with E-state index in [1.54, 1.807) is 12.1 Å². The van der Waals surface area contributed by atoms with Gasteiger partial charge >= 0.3 is 0 Å². The van der Waals surface area contributed by atoms with Crippen LogP contribution in [0, 0.1) is 5.82 Å². The van der Waals surface area contributed by atoms with Gasteiger partial charge in [-0.15, -0.1) is 0 Å². The number of aliphatic hydroxyl groups is 1. The molecule has 100 valence electrons. The second kappa shape index (κ2) is 6.66. The Morgan fingerprint density at radius 2 is 1.68 bits per heavy atom. The standard InChI is InChI=1S/C15H15ClFNO/c16-13-5-1-11(2-6-13)9-18-10-15(19)12-3-7-14(17)8-4-12/h1-8,15,18-19H,9-10H2. The number of hydrogen-bond acceptors (Lipinski definition) is 2. The summed E-state index contributed by atoms with van der Waals surface area (Å²) in [6, 6.07) is 13.4. The fraction of sp³-hybridized carbons (Fsp3) is 0.200. The predicted octanol–water partition coefficient (Wildman–Crippen LogP) is 3.30. The lowest BCUT2D eigenvalue weighted by atomic mass is 10.1. The fourth-order valence-corrected chi connectivity index (χ4v) is 1.88. The van der Waals surface area contributed by atoms with Gasteiger partial charge in [0, 0.05) is 18.1 Å². The SMILES string of the molecule is OC(CNCc1ccc(Cl)cc1)c1ccc(F)cc1. The van der Waals surface area contributed by atoms with E-state index in [2.05, 4.69) is 5.32 Å². The van der Waals surface area contributed by atoms with Gasteiger partial charge in [-0.2, -0.15) is 0 Å². The van der Waals surface area contributed by atoms with Crippen LogP contribution in [0.25, 0.3) is 0 Å². The third-order valence-electron chi connectivity index (χ3n) is 2.83. The maximum atomic E-state index is 12.7. The molecule has 0 aromatic heterocycles. The summed E-state index contributed by atoms with van der Waals surface area (Å²) in [6.07, 6.45) is -0.645. The molecule has 1 unspecified atom stereocenters. The lowest BCUT2D eigenvalue weighted by Crippen LogP contribution is -2.21. The van der Waals surface area contributed by atoms with Gasteiger partial charge in [0.2, 0.25) is 0 Å². The summed E-state index contributed by atoms with van der Waals surface area (Å²) in [6.45, 7) is 1.06. The number of aliphatic hydroxyl groups excluding tert-OH is 1. The molecule has 0 aliphatic heterocycles. The Morgan fingerprint density at radius 3 is 2.32 bits per heavy atom. The molecule has 2 nitrogen and oxygen atoms in total. The molecule has 4 heteroatoms. The summed E-state index contributed by atoms with van der Waals surface area (Å²) in [4.78, 5) is 0. The van der Waals surface area contributed by atoms with Gasteiger partial charge in [0.25, 0.3) is 0 Å².